The van der Waals surface area contributed by atoms with Gasteiger partial charge in [0.05, 0.1) is 12.6 Å². The Morgan fingerprint density at radius 1 is 1.20 bits per heavy atom. The van der Waals surface area contributed by atoms with Crippen LogP contribution in [0, 0.1) is 12.8 Å². The van der Waals surface area contributed by atoms with Crippen LogP contribution in [0.5, 0.6) is 5.75 Å². The number of piperidine rings is 1. The summed E-state index contributed by atoms with van der Waals surface area (Å²) in [5, 5.41) is 8.06. The number of ether oxygens (including phenoxy) is 1. The quantitative estimate of drug-likeness (QED) is 0.516. The number of aryl methyl sites for hydroxylation is 1. The van der Waals surface area contributed by atoms with Crippen LogP contribution in [0.2, 0.25) is 5.02 Å². The highest BCUT2D eigenvalue weighted by Gasteiger charge is 2.36. The lowest BCUT2D eigenvalue weighted by Gasteiger charge is -2.39. The molecule has 2 aliphatic rings. The van der Waals surface area contributed by atoms with E-state index in [0.29, 0.717) is 23.3 Å². The van der Waals surface area contributed by atoms with Gasteiger partial charge in [0.2, 0.25) is 17.6 Å². The topological polar surface area (TPSA) is 80.5 Å². The largest absolute Gasteiger partial charge is 0.487 e. The highest BCUT2D eigenvalue weighted by Crippen LogP contribution is 2.40. The van der Waals surface area contributed by atoms with Gasteiger partial charge in [-0.3, -0.25) is 9.69 Å². The smallest absolute Gasteiger partial charge is 0.241 e. The fourth-order valence-corrected chi connectivity index (χ4v) is 5.19. The van der Waals surface area contributed by atoms with Gasteiger partial charge in [0, 0.05) is 28.5 Å². The van der Waals surface area contributed by atoms with Crippen LogP contribution in [-0.2, 0) is 11.3 Å². The number of benzene rings is 2. The van der Waals surface area contributed by atoms with Crippen LogP contribution < -0.4 is 10.1 Å². The number of rotatable bonds is 5. The Bertz CT molecular complexity index is 1220. The Balaban J connectivity index is 1.17. The molecule has 0 bridgehead atoms. The number of carbonyl (C=O) groups excluding carboxylic acids is 1. The van der Waals surface area contributed by atoms with Gasteiger partial charge in [-0.1, -0.05) is 46.6 Å². The lowest BCUT2D eigenvalue weighted by Crippen LogP contribution is -2.45. The van der Waals surface area contributed by atoms with Crippen molar-refractivity contribution in [3.05, 3.63) is 64.5 Å². The molecule has 1 unspecified atom stereocenters. The number of aromatic nitrogens is 2. The molecule has 1 amide bonds. The molecule has 3 heterocycles. The maximum absolute atomic E-state index is 13.2. The zero-order chi connectivity index (χ0) is 24.6. The maximum Gasteiger partial charge on any atom is 0.241 e. The zero-order valence-corrected chi connectivity index (χ0v) is 21.1. The van der Waals surface area contributed by atoms with Crippen molar-refractivity contribution in [3.63, 3.8) is 0 Å². The lowest BCUT2D eigenvalue weighted by atomic mass is 9.88. The van der Waals surface area contributed by atoms with Crippen LogP contribution in [0.1, 0.15) is 56.2 Å². The van der Waals surface area contributed by atoms with Crippen LogP contribution in [0.15, 0.2) is 47.0 Å². The van der Waals surface area contributed by atoms with E-state index < -0.39 is 0 Å². The monoisotopic (exact) mass is 494 g/mol. The number of likely N-dealkylation sites (tertiary alicyclic amines) is 1. The highest BCUT2D eigenvalue weighted by atomic mass is 35.5. The van der Waals surface area contributed by atoms with Crippen molar-refractivity contribution in [1.29, 1.82) is 0 Å². The molecule has 7 nitrogen and oxygen atoms in total. The number of amides is 1. The third-order valence-corrected chi connectivity index (χ3v) is 7.04. The van der Waals surface area contributed by atoms with Crippen molar-refractivity contribution in [2.75, 3.05) is 13.1 Å². The van der Waals surface area contributed by atoms with Crippen LogP contribution >= 0.6 is 11.6 Å². The fourth-order valence-electron chi connectivity index (χ4n) is 5.00. The second kappa shape index (κ2) is 9.63. The number of fused-ring (bicyclic) bond motifs is 1. The molecule has 1 aromatic heterocycles. The molecule has 0 radical (unpaired) electrons. The Morgan fingerprint density at radius 2 is 2.00 bits per heavy atom. The molecule has 2 aliphatic heterocycles. The van der Waals surface area contributed by atoms with Crippen molar-refractivity contribution in [2.45, 2.75) is 58.2 Å². The predicted molar refractivity (Wildman–Crippen MR) is 134 cm³/mol. The summed E-state index contributed by atoms with van der Waals surface area (Å²) in [4.78, 5) is 20.0. The first-order chi connectivity index (χ1) is 16.8. The Labute approximate surface area is 210 Å². The molecule has 2 aromatic carbocycles. The molecule has 35 heavy (non-hydrogen) atoms. The summed E-state index contributed by atoms with van der Waals surface area (Å²) >= 11 is 6.07. The van der Waals surface area contributed by atoms with Crippen molar-refractivity contribution in [1.82, 2.24) is 20.4 Å². The zero-order valence-electron chi connectivity index (χ0n) is 20.4. The average Bonchev–Trinajstić information content (AvgIpc) is 3.28. The Kier molecular flexibility index (Phi) is 6.55. The number of carbonyl (C=O) groups is 1. The van der Waals surface area contributed by atoms with E-state index in [0.717, 1.165) is 49.2 Å². The molecule has 1 atom stereocenters. The van der Waals surface area contributed by atoms with Gasteiger partial charge in [0.25, 0.3) is 0 Å². The van der Waals surface area contributed by atoms with Gasteiger partial charge in [-0.2, -0.15) is 4.98 Å². The molecule has 8 heteroatoms. The van der Waals surface area contributed by atoms with Crippen molar-refractivity contribution in [3.8, 4) is 17.1 Å². The van der Waals surface area contributed by atoms with Gasteiger partial charge in [0.1, 0.15) is 11.4 Å². The molecular formula is C27H31ClN4O3. The molecule has 5 rings (SSSR count). The predicted octanol–water partition coefficient (Wildman–Crippen LogP) is 5.33. The van der Waals surface area contributed by atoms with E-state index in [9.17, 15) is 4.79 Å². The average molecular weight is 495 g/mol. The minimum absolute atomic E-state index is 0.00447. The molecule has 1 saturated heterocycles. The number of nitrogens with zero attached hydrogens (tertiary/aromatic N) is 3. The van der Waals surface area contributed by atoms with E-state index in [1.165, 1.54) is 5.56 Å². The summed E-state index contributed by atoms with van der Waals surface area (Å²) in [6, 6.07) is 13.6. The van der Waals surface area contributed by atoms with E-state index in [-0.39, 0.29) is 23.5 Å². The van der Waals surface area contributed by atoms with Gasteiger partial charge in [-0.05, 0) is 64.9 Å². The lowest BCUT2D eigenvalue weighted by molar-refractivity contribution is -0.127. The van der Waals surface area contributed by atoms with Gasteiger partial charge in [0.15, 0.2) is 0 Å². The van der Waals surface area contributed by atoms with Gasteiger partial charge in [-0.15, -0.1) is 0 Å². The number of hydrogen-bond donors (Lipinski definition) is 1. The van der Waals surface area contributed by atoms with Crippen molar-refractivity contribution < 1.29 is 14.1 Å². The minimum Gasteiger partial charge on any atom is -0.487 e. The van der Waals surface area contributed by atoms with Crippen LogP contribution in [0.4, 0.5) is 0 Å². The van der Waals surface area contributed by atoms with Gasteiger partial charge in [-0.25, -0.2) is 0 Å². The summed E-state index contributed by atoms with van der Waals surface area (Å²) in [5.41, 5.74) is 2.74. The summed E-state index contributed by atoms with van der Waals surface area (Å²) in [6.45, 7) is 8.40. The first-order valence-corrected chi connectivity index (χ1v) is 12.5. The van der Waals surface area contributed by atoms with Crippen LogP contribution in [0.3, 0.4) is 0 Å². The second-order valence-corrected chi connectivity index (χ2v) is 10.7. The molecule has 0 saturated carbocycles. The minimum atomic E-state index is -0.322. The molecule has 1 fully saturated rings. The van der Waals surface area contributed by atoms with E-state index in [1.54, 1.807) is 0 Å². The summed E-state index contributed by atoms with van der Waals surface area (Å²) in [7, 11) is 0. The molecule has 1 N–H and O–H groups in total. The second-order valence-electron chi connectivity index (χ2n) is 10.2. The van der Waals surface area contributed by atoms with Crippen LogP contribution in [-0.4, -0.2) is 39.6 Å². The fraction of sp³-hybridized carbons (Fsp3) is 0.444. The SMILES string of the molecule is Cc1ccc2c(c1)C(NC(=O)C1CCN(Cc3nc(-c4cccc(Cl)c4)no3)CC1)CC(C)(C)O2. The molecular weight excluding hydrogens is 464 g/mol. The molecule has 0 aliphatic carbocycles. The highest BCUT2D eigenvalue weighted by molar-refractivity contribution is 6.30. The van der Waals surface area contributed by atoms with E-state index >= 15 is 0 Å². The summed E-state index contributed by atoms with van der Waals surface area (Å²) in [5.74, 6) is 2.09. The van der Waals surface area contributed by atoms with E-state index in [1.807, 2.05) is 30.3 Å². The Morgan fingerprint density at radius 3 is 2.77 bits per heavy atom. The number of hydrogen-bond acceptors (Lipinski definition) is 6. The van der Waals surface area contributed by atoms with Crippen molar-refractivity contribution >= 4 is 17.5 Å². The number of nitrogens with one attached hydrogen (secondary N) is 1. The maximum atomic E-state index is 13.2. The first kappa shape index (κ1) is 23.8. The van der Waals surface area contributed by atoms with Gasteiger partial charge < -0.3 is 14.6 Å². The third-order valence-electron chi connectivity index (χ3n) is 6.81. The Hall–Kier alpha value is -2.90. The standard InChI is InChI=1S/C27H31ClN4O3/c1-17-7-8-23-21(13-17)22(15-27(2,3)34-23)29-26(33)18-9-11-32(12-10-18)16-24-30-25(31-35-24)19-5-4-6-20(28)14-19/h4-8,13-14,18,22H,9-12,15-16H2,1-3H3,(H,29,33). The third kappa shape index (κ3) is 5.52. The van der Waals surface area contributed by atoms with Crippen molar-refractivity contribution in [2.24, 2.45) is 5.92 Å². The van der Waals surface area contributed by atoms with Gasteiger partial charge >= 0.3 is 0 Å². The molecule has 0 spiro atoms. The first-order valence-electron chi connectivity index (χ1n) is 12.2. The summed E-state index contributed by atoms with van der Waals surface area (Å²) in [6.07, 6.45) is 2.35. The normalized spacial score (nSPS) is 20.2. The molecule has 184 valence electrons. The molecule has 3 aromatic rings. The van der Waals surface area contributed by atoms with Crippen LogP contribution in [0.25, 0.3) is 11.4 Å². The number of halogens is 1. The van der Waals surface area contributed by atoms with E-state index in [4.69, 9.17) is 20.9 Å². The van der Waals surface area contributed by atoms with E-state index in [2.05, 4.69) is 53.3 Å². The summed E-state index contributed by atoms with van der Waals surface area (Å²) < 4.78 is 11.6.